The van der Waals surface area contributed by atoms with E-state index in [9.17, 15) is 10.2 Å². The Labute approximate surface area is 72.9 Å². The monoisotopic (exact) mass is 226 g/mol. The van der Waals surface area contributed by atoms with Crippen LogP contribution in [0.15, 0.2) is 0 Å². The molecule has 4 atom stereocenters. The molecule has 0 spiro atoms. The molecule has 1 fully saturated rings. The van der Waals surface area contributed by atoms with E-state index in [4.69, 9.17) is 9.84 Å². The highest BCUT2D eigenvalue weighted by Crippen LogP contribution is 2.18. The van der Waals surface area contributed by atoms with Gasteiger partial charge in [-0.3, -0.25) is 0 Å². The largest absolute Gasteiger partial charge is 0.389 e. The van der Waals surface area contributed by atoms with Crippen molar-refractivity contribution in [3.63, 3.8) is 0 Å². The van der Waals surface area contributed by atoms with Crippen molar-refractivity contribution in [1.29, 1.82) is 0 Å². The zero-order chi connectivity index (χ0) is 8.43. The van der Waals surface area contributed by atoms with Crippen LogP contribution in [0.2, 0.25) is 0 Å². The summed E-state index contributed by atoms with van der Waals surface area (Å²) in [5.41, 5.74) is 0. The molecule has 0 aromatic carbocycles. The van der Waals surface area contributed by atoms with Crippen LogP contribution in [0.3, 0.4) is 0 Å². The predicted octanol–water partition coefficient (Wildman–Crippen LogP) is -1.14. The van der Waals surface area contributed by atoms with Gasteiger partial charge in [0.25, 0.3) is 0 Å². The van der Waals surface area contributed by atoms with Crippen LogP contribution in [-0.2, 0) is 4.74 Å². The van der Waals surface area contributed by atoms with Gasteiger partial charge in [-0.05, 0) is 0 Å². The Morgan fingerprint density at radius 3 is 2.36 bits per heavy atom. The lowest BCUT2D eigenvalue weighted by Crippen LogP contribution is -2.41. The number of ether oxygens (including phenoxy) is 1. The summed E-state index contributed by atoms with van der Waals surface area (Å²) < 4.78 is 4.75. The lowest BCUT2D eigenvalue weighted by atomic mass is 10.1. The maximum atomic E-state index is 9.20. The van der Waals surface area contributed by atoms with E-state index in [1.807, 2.05) is 0 Å². The molecule has 1 rings (SSSR count). The van der Waals surface area contributed by atoms with Crippen molar-refractivity contribution >= 4 is 15.9 Å². The molecule has 0 aliphatic carbocycles. The molecule has 0 saturated carbocycles. The Morgan fingerprint density at radius 1 is 1.45 bits per heavy atom. The summed E-state index contributed by atoms with van der Waals surface area (Å²) in [5, 5.41) is 27.7. The molecule has 4 nitrogen and oxygen atoms in total. The van der Waals surface area contributed by atoms with Gasteiger partial charge in [0.15, 0.2) is 0 Å². The van der Waals surface area contributed by atoms with E-state index in [-0.39, 0.29) is 11.4 Å². The van der Waals surface area contributed by atoms with Crippen LogP contribution in [0.1, 0.15) is 0 Å². The fourth-order valence-electron chi connectivity index (χ4n) is 0.792. The van der Waals surface area contributed by atoms with Crippen molar-refractivity contribution in [1.82, 2.24) is 0 Å². The topological polar surface area (TPSA) is 73.2 Å². The lowest BCUT2D eigenvalue weighted by Gasteiger charge is -2.19. The molecule has 1 heterocycles. The van der Waals surface area contributed by atoms with Crippen molar-refractivity contribution in [2.75, 3.05) is 11.9 Å². The van der Waals surface area contributed by atoms with E-state index in [1.54, 1.807) is 0 Å². The molecule has 5 heteroatoms. The third-order valence-corrected chi connectivity index (χ3v) is 2.31. The highest BCUT2D eigenvalue weighted by atomic mass is 79.9. The Bertz CT molecular complexity index is 128. The minimum atomic E-state index is -1.12. The van der Waals surface area contributed by atoms with Gasteiger partial charge in [0.05, 0.1) is 12.7 Å². The molecule has 1 aliphatic heterocycles. The maximum Gasteiger partial charge on any atom is 0.111 e. The summed E-state index contributed by atoms with van der Waals surface area (Å²) in [6.07, 6.45) is -3.32. The Balaban J connectivity index is 2.31. The van der Waals surface area contributed by atoms with E-state index in [2.05, 4.69) is 15.9 Å². The molecule has 3 N–H and O–H groups in total. The maximum absolute atomic E-state index is 9.20. The van der Waals surface area contributed by atoms with E-state index >= 15 is 0 Å². The van der Waals surface area contributed by atoms with E-state index in [1.165, 1.54) is 0 Å². The van der Waals surface area contributed by atoms with Crippen LogP contribution < -0.4 is 0 Å². The zero-order valence-electron chi connectivity index (χ0n) is 5.85. The normalized spacial score (nSPS) is 31.1. The van der Waals surface area contributed by atoms with Crippen LogP contribution in [-0.4, -0.2) is 51.7 Å². The van der Waals surface area contributed by atoms with Gasteiger partial charge in [0, 0.05) is 5.33 Å². The molecule has 0 aromatic heterocycles. The standard InChI is InChI=1S/C6H11BrO4/c7-1-3(8)5(9)6(10)4-2-11-4/h3-6,8-10H,1-2H2. The summed E-state index contributed by atoms with van der Waals surface area (Å²) in [5.74, 6) is 0. The van der Waals surface area contributed by atoms with Crippen molar-refractivity contribution in [3.05, 3.63) is 0 Å². The van der Waals surface area contributed by atoms with E-state index < -0.39 is 18.3 Å². The van der Waals surface area contributed by atoms with Crippen LogP contribution in [0.25, 0.3) is 0 Å². The zero-order valence-corrected chi connectivity index (χ0v) is 7.44. The summed E-state index contributed by atoms with van der Waals surface area (Å²) in [6, 6.07) is 0. The van der Waals surface area contributed by atoms with E-state index in [0.29, 0.717) is 6.61 Å². The molecule has 11 heavy (non-hydrogen) atoms. The van der Waals surface area contributed by atoms with Crippen molar-refractivity contribution in [3.8, 4) is 0 Å². The van der Waals surface area contributed by atoms with Crippen LogP contribution >= 0.6 is 15.9 Å². The van der Waals surface area contributed by atoms with Gasteiger partial charge in [0.1, 0.15) is 18.3 Å². The molecule has 0 radical (unpaired) electrons. The number of aliphatic hydroxyl groups is 3. The van der Waals surface area contributed by atoms with E-state index in [0.717, 1.165) is 0 Å². The molecule has 0 amide bonds. The first-order chi connectivity index (χ1) is 5.16. The third kappa shape index (κ3) is 2.38. The second kappa shape index (κ2) is 3.82. The van der Waals surface area contributed by atoms with Gasteiger partial charge in [-0.2, -0.15) is 0 Å². The number of halogens is 1. The SMILES string of the molecule is OC(CBr)C(O)C(O)C1CO1. The minimum Gasteiger partial charge on any atom is -0.389 e. The number of epoxide rings is 1. The highest BCUT2D eigenvalue weighted by Gasteiger charge is 2.38. The fourth-order valence-corrected chi connectivity index (χ4v) is 1.17. The van der Waals surface area contributed by atoms with Gasteiger partial charge in [-0.1, -0.05) is 15.9 Å². The second-order valence-corrected chi connectivity index (χ2v) is 3.22. The summed E-state index contributed by atoms with van der Waals surface area (Å²) >= 11 is 2.99. The molecular formula is C6H11BrO4. The molecule has 66 valence electrons. The van der Waals surface area contributed by atoms with Crippen molar-refractivity contribution in [2.24, 2.45) is 0 Å². The van der Waals surface area contributed by atoms with Crippen molar-refractivity contribution < 1.29 is 20.1 Å². The molecule has 0 bridgehead atoms. The Hall–Kier alpha value is 0.320. The first kappa shape index (κ1) is 9.41. The minimum absolute atomic E-state index is 0.248. The molecule has 4 unspecified atom stereocenters. The number of hydrogen-bond donors (Lipinski definition) is 3. The number of alkyl halides is 1. The van der Waals surface area contributed by atoms with Gasteiger partial charge in [0.2, 0.25) is 0 Å². The van der Waals surface area contributed by atoms with Crippen LogP contribution in [0.5, 0.6) is 0 Å². The number of rotatable bonds is 4. The average Bonchev–Trinajstić information content (AvgIpc) is 2.82. The highest BCUT2D eigenvalue weighted by molar-refractivity contribution is 9.09. The van der Waals surface area contributed by atoms with Crippen LogP contribution in [0.4, 0.5) is 0 Å². The Kier molecular flexibility index (Phi) is 3.27. The number of hydrogen-bond acceptors (Lipinski definition) is 4. The first-order valence-corrected chi connectivity index (χ1v) is 4.50. The van der Waals surface area contributed by atoms with Gasteiger partial charge < -0.3 is 20.1 Å². The van der Waals surface area contributed by atoms with Crippen LogP contribution in [0, 0.1) is 0 Å². The molecular weight excluding hydrogens is 216 g/mol. The van der Waals surface area contributed by atoms with Gasteiger partial charge in [-0.15, -0.1) is 0 Å². The smallest absolute Gasteiger partial charge is 0.111 e. The molecule has 1 aliphatic rings. The quantitative estimate of drug-likeness (QED) is 0.419. The first-order valence-electron chi connectivity index (χ1n) is 3.38. The average molecular weight is 227 g/mol. The van der Waals surface area contributed by atoms with Gasteiger partial charge >= 0.3 is 0 Å². The summed E-state index contributed by atoms with van der Waals surface area (Å²) in [6.45, 7) is 0.466. The fraction of sp³-hybridized carbons (Fsp3) is 1.00. The predicted molar refractivity (Wildman–Crippen MR) is 41.6 cm³/mol. The second-order valence-electron chi connectivity index (χ2n) is 2.57. The summed E-state index contributed by atoms with van der Waals surface area (Å²) in [7, 11) is 0. The Morgan fingerprint density at radius 2 is 2.00 bits per heavy atom. The van der Waals surface area contributed by atoms with Crippen molar-refractivity contribution in [2.45, 2.75) is 24.4 Å². The molecule has 0 aromatic rings. The third-order valence-electron chi connectivity index (χ3n) is 1.64. The van der Waals surface area contributed by atoms with Gasteiger partial charge in [-0.25, -0.2) is 0 Å². The summed E-state index contributed by atoms with van der Waals surface area (Å²) in [4.78, 5) is 0. The molecule has 1 saturated heterocycles. The number of aliphatic hydroxyl groups excluding tert-OH is 3. The lowest BCUT2D eigenvalue weighted by molar-refractivity contribution is -0.0586.